The Morgan fingerprint density at radius 3 is 2.24 bits per heavy atom. The van der Waals surface area contributed by atoms with E-state index in [0.29, 0.717) is 0 Å². The van der Waals surface area contributed by atoms with Crippen molar-refractivity contribution < 1.29 is 4.74 Å². The summed E-state index contributed by atoms with van der Waals surface area (Å²) in [5.74, 6) is 3.83. The van der Waals surface area contributed by atoms with Gasteiger partial charge in [0, 0.05) is 31.7 Å². The molecular formula is C19H37IN4O. The van der Waals surface area contributed by atoms with Gasteiger partial charge in [-0.2, -0.15) is 0 Å². The molecule has 3 fully saturated rings. The van der Waals surface area contributed by atoms with Gasteiger partial charge in [-0.15, -0.1) is 24.0 Å². The van der Waals surface area contributed by atoms with Gasteiger partial charge in [-0.05, 0) is 64.2 Å². The van der Waals surface area contributed by atoms with E-state index in [-0.39, 0.29) is 29.5 Å². The van der Waals surface area contributed by atoms with Crippen molar-refractivity contribution in [3.63, 3.8) is 0 Å². The van der Waals surface area contributed by atoms with Crippen molar-refractivity contribution in [1.82, 2.24) is 15.5 Å². The number of ether oxygens (including phenoxy) is 1. The highest BCUT2D eigenvalue weighted by atomic mass is 127. The van der Waals surface area contributed by atoms with Gasteiger partial charge in [-0.3, -0.25) is 9.89 Å². The molecule has 2 aliphatic carbocycles. The highest BCUT2D eigenvalue weighted by Crippen LogP contribution is 2.48. The molecule has 0 atom stereocenters. The second-order valence-corrected chi connectivity index (χ2v) is 8.33. The molecule has 3 aliphatic rings. The molecule has 6 heteroatoms. The summed E-state index contributed by atoms with van der Waals surface area (Å²) in [4.78, 5) is 7.40. The maximum Gasteiger partial charge on any atom is 0.191 e. The minimum Gasteiger partial charge on any atom is -0.379 e. The third kappa shape index (κ3) is 6.54. The van der Waals surface area contributed by atoms with E-state index in [1.807, 2.05) is 0 Å². The third-order valence-corrected chi connectivity index (χ3v) is 5.80. The Bertz CT molecular complexity index is 417. The molecule has 5 nitrogen and oxygen atoms in total. The van der Waals surface area contributed by atoms with E-state index < -0.39 is 0 Å². The largest absolute Gasteiger partial charge is 0.379 e. The molecule has 0 unspecified atom stereocenters. The van der Waals surface area contributed by atoms with Crippen molar-refractivity contribution >= 4 is 29.9 Å². The van der Waals surface area contributed by atoms with Crippen LogP contribution in [0.2, 0.25) is 0 Å². The first-order valence-electron chi connectivity index (χ1n) is 9.95. The van der Waals surface area contributed by atoms with Crippen LogP contribution in [0.4, 0.5) is 0 Å². The molecule has 0 aromatic rings. The van der Waals surface area contributed by atoms with E-state index in [1.54, 1.807) is 0 Å². The molecule has 146 valence electrons. The Morgan fingerprint density at radius 1 is 1.12 bits per heavy atom. The first-order valence-corrected chi connectivity index (χ1v) is 9.95. The third-order valence-electron chi connectivity index (χ3n) is 5.80. The molecule has 2 N–H and O–H groups in total. The fourth-order valence-corrected chi connectivity index (χ4v) is 3.86. The highest BCUT2D eigenvalue weighted by Gasteiger charge is 2.41. The molecule has 0 amide bonds. The summed E-state index contributed by atoms with van der Waals surface area (Å²) in [5.41, 5.74) is 0.0819. The van der Waals surface area contributed by atoms with Crippen LogP contribution in [0.25, 0.3) is 0 Å². The van der Waals surface area contributed by atoms with Crippen molar-refractivity contribution in [1.29, 1.82) is 0 Å². The van der Waals surface area contributed by atoms with E-state index in [2.05, 4.69) is 36.3 Å². The van der Waals surface area contributed by atoms with Crippen LogP contribution in [-0.2, 0) is 4.74 Å². The lowest BCUT2D eigenvalue weighted by Crippen LogP contribution is -2.52. The van der Waals surface area contributed by atoms with Crippen LogP contribution in [0.15, 0.2) is 4.99 Å². The average molecular weight is 464 g/mol. The molecule has 1 saturated heterocycles. The number of morpholine rings is 1. The maximum atomic E-state index is 5.48. The molecule has 0 radical (unpaired) electrons. The molecule has 0 spiro atoms. The highest BCUT2D eigenvalue weighted by molar-refractivity contribution is 14.0. The second kappa shape index (κ2) is 9.74. The molecular weight excluding hydrogens is 427 g/mol. The molecule has 1 aliphatic heterocycles. The zero-order chi connectivity index (χ0) is 17.0. The van der Waals surface area contributed by atoms with Crippen LogP contribution in [0.3, 0.4) is 0 Å². The van der Waals surface area contributed by atoms with E-state index in [1.165, 1.54) is 25.7 Å². The summed E-state index contributed by atoms with van der Waals surface area (Å²) in [6.07, 6.45) is 5.78. The van der Waals surface area contributed by atoms with Gasteiger partial charge in [-0.1, -0.05) is 0 Å². The first-order chi connectivity index (χ1) is 11.6. The van der Waals surface area contributed by atoms with Crippen LogP contribution in [0.1, 0.15) is 46.5 Å². The Hall–Kier alpha value is -0.0800. The Balaban J connectivity index is 0.00000225. The molecule has 3 rings (SSSR count). The van der Waals surface area contributed by atoms with Crippen LogP contribution in [0.5, 0.6) is 0 Å². The number of guanidine groups is 1. The van der Waals surface area contributed by atoms with Gasteiger partial charge < -0.3 is 15.4 Å². The predicted octanol–water partition coefficient (Wildman–Crippen LogP) is 2.71. The molecule has 2 saturated carbocycles. The maximum absolute atomic E-state index is 5.48. The monoisotopic (exact) mass is 464 g/mol. The summed E-state index contributed by atoms with van der Waals surface area (Å²) >= 11 is 0. The van der Waals surface area contributed by atoms with E-state index in [9.17, 15) is 0 Å². The van der Waals surface area contributed by atoms with Gasteiger partial charge >= 0.3 is 0 Å². The predicted molar refractivity (Wildman–Crippen MR) is 115 cm³/mol. The standard InChI is InChI=1S/C19H36N4O.HI/c1-4-20-18(21-13-17(15-5-6-15)16-7-8-16)22-14-19(2,3)23-9-11-24-12-10-23;/h15-17H,4-14H2,1-3H3,(H2,20,21,22);1H. The summed E-state index contributed by atoms with van der Waals surface area (Å²) in [5, 5.41) is 7.06. The Kier molecular flexibility index (Phi) is 8.27. The number of nitrogens with one attached hydrogen (secondary N) is 2. The number of hydrogen-bond acceptors (Lipinski definition) is 3. The number of halogens is 1. The lowest BCUT2D eigenvalue weighted by molar-refractivity contribution is -0.00684. The molecule has 1 heterocycles. The van der Waals surface area contributed by atoms with Crippen molar-refractivity contribution in [2.75, 3.05) is 45.9 Å². The lowest BCUT2D eigenvalue weighted by atomic mass is 9.98. The zero-order valence-electron chi connectivity index (χ0n) is 16.2. The van der Waals surface area contributed by atoms with Crippen LogP contribution in [-0.4, -0.2) is 62.3 Å². The SMILES string of the molecule is CCNC(=NCC(C)(C)N1CCOCC1)NCC(C1CC1)C1CC1.I. The van der Waals surface area contributed by atoms with Gasteiger partial charge in [0.05, 0.1) is 19.8 Å². The topological polar surface area (TPSA) is 48.9 Å². The Morgan fingerprint density at radius 2 is 1.72 bits per heavy atom. The molecule has 0 bridgehead atoms. The summed E-state index contributed by atoms with van der Waals surface area (Å²) in [7, 11) is 0. The minimum atomic E-state index is 0. The second-order valence-electron chi connectivity index (χ2n) is 8.33. The van der Waals surface area contributed by atoms with Crippen molar-refractivity contribution in [3.05, 3.63) is 0 Å². The molecule has 0 aromatic heterocycles. The fraction of sp³-hybridized carbons (Fsp3) is 0.947. The lowest BCUT2D eigenvalue weighted by Gasteiger charge is -2.40. The van der Waals surface area contributed by atoms with E-state index in [0.717, 1.165) is 69.7 Å². The van der Waals surface area contributed by atoms with Crippen molar-refractivity contribution in [2.45, 2.75) is 52.0 Å². The summed E-state index contributed by atoms with van der Waals surface area (Å²) in [6, 6.07) is 0. The van der Waals surface area contributed by atoms with Gasteiger partial charge in [-0.25, -0.2) is 0 Å². The van der Waals surface area contributed by atoms with Gasteiger partial charge in [0.1, 0.15) is 0 Å². The number of rotatable bonds is 8. The van der Waals surface area contributed by atoms with Crippen molar-refractivity contribution in [3.8, 4) is 0 Å². The first kappa shape index (κ1) is 21.2. The van der Waals surface area contributed by atoms with Crippen molar-refractivity contribution in [2.24, 2.45) is 22.7 Å². The van der Waals surface area contributed by atoms with E-state index >= 15 is 0 Å². The number of aliphatic imine (C=N–C) groups is 1. The van der Waals surface area contributed by atoms with Gasteiger partial charge in [0.2, 0.25) is 0 Å². The quantitative estimate of drug-likeness (QED) is 0.330. The van der Waals surface area contributed by atoms with Crippen LogP contribution >= 0.6 is 24.0 Å². The van der Waals surface area contributed by atoms with Crippen LogP contribution in [0, 0.1) is 17.8 Å². The summed E-state index contributed by atoms with van der Waals surface area (Å²) < 4.78 is 5.48. The fourth-order valence-electron chi connectivity index (χ4n) is 3.86. The normalized spacial score (nSPS) is 22.6. The van der Waals surface area contributed by atoms with E-state index in [4.69, 9.17) is 9.73 Å². The smallest absolute Gasteiger partial charge is 0.191 e. The average Bonchev–Trinajstić information content (AvgIpc) is 3.47. The zero-order valence-corrected chi connectivity index (χ0v) is 18.6. The van der Waals surface area contributed by atoms with Gasteiger partial charge in [0.25, 0.3) is 0 Å². The number of nitrogens with zero attached hydrogens (tertiary/aromatic N) is 2. The summed E-state index contributed by atoms with van der Waals surface area (Å²) in [6.45, 7) is 13.3. The van der Waals surface area contributed by atoms with Gasteiger partial charge in [0.15, 0.2) is 5.96 Å². The number of hydrogen-bond donors (Lipinski definition) is 2. The Labute approximate surface area is 170 Å². The van der Waals surface area contributed by atoms with Crippen LogP contribution < -0.4 is 10.6 Å². The molecule has 25 heavy (non-hydrogen) atoms. The minimum absolute atomic E-state index is 0. The molecule has 0 aromatic carbocycles.